The van der Waals surface area contributed by atoms with E-state index < -0.39 is 0 Å². The Balaban J connectivity index is 1.22. The summed E-state index contributed by atoms with van der Waals surface area (Å²) in [7, 11) is 0. The number of rotatable bonds is 6. The second kappa shape index (κ2) is 10.3. The van der Waals surface area contributed by atoms with Gasteiger partial charge < -0.3 is 19.8 Å². The number of aromatic nitrogens is 2. The van der Waals surface area contributed by atoms with Crippen molar-refractivity contribution in [3.63, 3.8) is 0 Å². The van der Waals surface area contributed by atoms with Crippen molar-refractivity contribution in [1.82, 2.24) is 19.4 Å². The average molecular weight is 495 g/mol. The first-order valence-corrected chi connectivity index (χ1v) is 12.5. The van der Waals surface area contributed by atoms with Crippen LogP contribution in [0.15, 0.2) is 60.7 Å². The molecule has 37 heavy (non-hydrogen) atoms. The fraction of sp³-hybridized carbons (Fsp3) is 0.276. The van der Waals surface area contributed by atoms with Gasteiger partial charge in [-0.1, -0.05) is 48.5 Å². The Morgan fingerprint density at radius 3 is 2.41 bits per heavy atom. The molecule has 2 aromatic carbocycles. The van der Waals surface area contributed by atoms with Gasteiger partial charge in [0.25, 0.3) is 5.91 Å². The summed E-state index contributed by atoms with van der Waals surface area (Å²) in [6.45, 7) is 6.96. The molecule has 4 aromatic rings. The number of carbonyl (C=O) groups is 2. The summed E-state index contributed by atoms with van der Waals surface area (Å²) < 4.78 is 2.00. The van der Waals surface area contributed by atoms with Gasteiger partial charge in [0.1, 0.15) is 17.6 Å². The van der Waals surface area contributed by atoms with Crippen molar-refractivity contribution < 1.29 is 9.59 Å². The van der Waals surface area contributed by atoms with E-state index in [1.54, 1.807) is 0 Å². The van der Waals surface area contributed by atoms with E-state index >= 15 is 0 Å². The molecule has 188 valence electrons. The number of hydrogen-bond acceptors (Lipinski definition) is 4. The van der Waals surface area contributed by atoms with Gasteiger partial charge >= 0.3 is 0 Å². The Kier molecular flexibility index (Phi) is 6.80. The van der Waals surface area contributed by atoms with Crippen LogP contribution in [0.5, 0.6) is 0 Å². The van der Waals surface area contributed by atoms with Crippen LogP contribution < -0.4 is 5.32 Å². The summed E-state index contributed by atoms with van der Waals surface area (Å²) >= 11 is 0. The lowest BCUT2D eigenvalue weighted by atomic mass is 10.2. The minimum Gasteiger partial charge on any atom is -0.351 e. The number of H-pyrrole nitrogens is 1. The van der Waals surface area contributed by atoms with Crippen LogP contribution in [0.2, 0.25) is 0 Å². The zero-order valence-corrected chi connectivity index (χ0v) is 21.1. The molecule has 5 rings (SSSR count). The van der Waals surface area contributed by atoms with Gasteiger partial charge in [0.15, 0.2) is 0 Å². The topological polar surface area (TPSA) is 97.2 Å². The third-order valence-electron chi connectivity index (χ3n) is 7.17. The number of para-hydroxylation sites is 1. The highest BCUT2D eigenvalue weighted by Crippen LogP contribution is 2.27. The van der Waals surface area contributed by atoms with Crippen molar-refractivity contribution in [2.45, 2.75) is 20.4 Å². The fourth-order valence-corrected chi connectivity index (χ4v) is 4.94. The molecule has 3 heterocycles. The predicted octanol–water partition coefficient (Wildman–Crippen LogP) is 3.90. The van der Waals surface area contributed by atoms with Crippen LogP contribution in [0.3, 0.4) is 0 Å². The van der Waals surface area contributed by atoms with Gasteiger partial charge in [0.05, 0.1) is 12.1 Å². The van der Waals surface area contributed by atoms with Gasteiger partial charge in [-0.05, 0) is 37.1 Å². The van der Waals surface area contributed by atoms with Crippen LogP contribution in [-0.4, -0.2) is 63.9 Å². The molecule has 1 aliphatic heterocycles. The zero-order chi connectivity index (χ0) is 25.9. The number of nitriles is 1. The number of amides is 2. The van der Waals surface area contributed by atoms with E-state index in [9.17, 15) is 14.9 Å². The van der Waals surface area contributed by atoms with Crippen LogP contribution in [-0.2, 0) is 11.3 Å². The largest absolute Gasteiger partial charge is 0.351 e. The predicted molar refractivity (Wildman–Crippen MR) is 143 cm³/mol. The molecule has 1 aliphatic rings. The standard InChI is InChI=1S/C29H30N6O2/c1-20-21(2)35(18-22-8-4-3-5-9-22)28(24(20)17-30)32-27(36)19-33-12-14-34(15-13-33)29(37)26-16-23-10-6-7-11-25(23)31-26/h3-11,16,31H,12-15,18-19H2,1-2H3,(H,32,36). The van der Waals surface area contributed by atoms with Crippen LogP contribution >= 0.6 is 0 Å². The Hall–Kier alpha value is -4.35. The smallest absolute Gasteiger partial charge is 0.270 e. The van der Waals surface area contributed by atoms with Gasteiger partial charge in [-0.3, -0.25) is 14.5 Å². The molecule has 2 amide bonds. The van der Waals surface area contributed by atoms with E-state index in [1.165, 1.54) is 0 Å². The van der Waals surface area contributed by atoms with Gasteiger partial charge in [-0.25, -0.2) is 0 Å². The quantitative estimate of drug-likeness (QED) is 0.425. The maximum atomic E-state index is 13.0. The maximum absolute atomic E-state index is 13.0. The summed E-state index contributed by atoms with van der Waals surface area (Å²) in [5.41, 5.74) is 4.95. The number of anilines is 1. The number of aromatic amines is 1. The lowest BCUT2D eigenvalue weighted by molar-refractivity contribution is -0.117. The number of hydrogen-bond donors (Lipinski definition) is 2. The van der Waals surface area contributed by atoms with E-state index in [-0.39, 0.29) is 18.4 Å². The van der Waals surface area contributed by atoms with Crippen LogP contribution in [0.25, 0.3) is 10.9 Å². The fourth-order valence-electron chi connectivity index (χ4n) is 4.94. The number of benzene rings is 2. The highest BCUT2D eigenvalue weighted by Gasteiger charge is 2.25. The first-order chi connectivity index (χ1) is 17.9. The SMILES string of the molecule is Cc1c(C#N)c(NC(=O)CN2CCN(C(=O)c3cc4ccccc4[nH]3)CC2)n(Cc2ccccc2)c1C. The second-order valence-corrected chi connectivity index (χ2v) is 9.50. The zero-order valence-electron chi connectivity index (χ0n) is 21.1. The lowest BCUT2D eigenvalue weighted by Crippen LogP contribution is -2.50. The van der Waals surface area contributed by atoms with Crippen molar-refractivity contribution >= 4 is 28.5 Å². The van der Waals surface area contributed by atoms with Crippen molar-refractivity contribution in [2.24, 2.45) is 0 Å². The number of carbonyl (C=O) groups excluding carboxylic acids is 2. The van der Waals surface area contributed by atoms with Gasteiger partial charge in [0.2, 0.25) is 5.91 Å². The third-order valence-corrected chi connectivity index (χ3v) is 7.17. The molecular weight excluding hydrogens is 464 g/mol. The Morgan fingerprint density at radius 1 is 1.00 bits per heavy atom. The lowest BCUT2D eigenvalue weighted by Gasteiger charge is -2.34. The van der Waals surface area contributed by atoms with E-state index in [2.05, 4.69) is 16.4 Å². The molecule has 8 nitrogen and oxygen atoms in total. The Bertz CT molecular complexity index is 1450. The van der Waals surface area contributed by atoms with E-state index in [1.807, 2.05) is 88.9 Å². The highest BCUT2D eigenvalue weighted by molar-refractivity contribution is 5.98. The maximum Gasteiger partial charge on any atom is 0.270 e. The molecule has 0 unspecified atom stereocenters. The Labute approximate surface area is 216 Å². The molecule has 0 radical (unpaired) electrons. The Morgan fingerprint density at radius 2 is 1.70 bits per heavy atom. The van der Waals surface area contributed by atoms with Crippen molar-refractivity contribution in [1.29, 1.82) is 5.26 Å². The van der Waals surface area contributed by atoms with Crippen molar-refractivity contribution in [2.75, 3.05) is 38.0 Å². The highest BCUT2D eigenvalue weighted by atomic mass is 16.2. The molecule has 2 aromatic heterocycles. The van der Waals surface area contributed by atoms with Crippen LogP contribution in [0.4, 0.5) is 5.82 Å². The molecule has 8 heteroatoms. The molecule has 0 atom stereocenters. The molecule has 0 bridgehead atoms. The van der Waals surface area contributed by atoms with Crippen LogP contribution in [0, 0.1) is 25.2 Å². The summed E-state index contributed by atoms with van der Waals surface area (Å²) in [6, 6.07) is 22.0. The number of fused-ring (bicyclic) bond motifs is 1. The molecular formula is C29H30N6O2. The van der Waals surface area contributed by atoms with Gasteiger partial charge in [0, 0.05) is 49.3 Å². The average Bonchev–Trinajstić information content (AvgIpc) is 3.44. The summed E-state index contributed by atoms with van der Waals surface area (Å²) in [5.74, 6) is 0.348. The minimum atomic E-state index is -0.168. The van der Waals surface area contributed by atoms with E-state index in [0.717, 1.165) is 27.7 Å². The molecule has 2 N–H and O–H groups in total. The summed E-state index contributed by atoms with van der Waals surface area (Å²) in [6.07, 6.45) is 0. The number of nitrogens with one attached hydrogen (secondary N) is 2. The third kappa shape index (κ3) is 4.99. The van der Waals surface area contributed by atoms with Gasteiger partial charge in [-0.15, -0.1) is 0 Å². The number of piperazine rings is 1. The molecule has 0 aliphatic carbocycles. The van der Waals surface area contributed by atoms with E-state index in [4.69, 9.17) is 0 Å². The van der Waals surface area contributed by atoms with Crippen molar-refractivity contribution in [3.8, 4) is 6.07 Å². The number of nitrogens with zero attached hydrogens (tertiary/aromatic N) is 4. The second-order valence-electron chi connectivity index (χ2n) is 9.50. The summed E-state index contributed by atoms with van der Waals surface area (Å²) in [4.78, 5) is 33.1. The first-order valence-electron chi connectivity index (χ1n) is 12.5. The normalized spacial score (nSPS) is 14.0. The summed E-state index contributed by atoms with van der Waals surface area (Å²) in [5, 5.41) is 13.8. The van der Waals surface area contributed by atoms with Crippen LogP contribution in [0.1, 0.15) is 32.9 Å². The monoisotopic (exact) mass is 494 g/mol. The van der Waals surface area contributed by atoms with Gasteiger partial charge in [-0.2, -0.15) is 5.26 Å². The molecule has 0 spiro atoms. The van der Waals surface area contributed by atoms with Crippen molar-refractivity contribution in [3.05, 3.63) is 88.7 Å². The van der Waals surface area contributed by atoms with E-state index in [0.29, 0.717) is 49.8 Å². The molecule has 1 saturated heterocycles. The minimum absolute atomic E-state index is 0.0244. The first kappa shape index (κ1) is 24.3. The molecule has 0 saturated carbocycles. The molecule has 1 fully saturated rings.